The third kappa shape index (κ3) is 13.2. The maximum atomic E-state index is 15.4. The molecule has 17 heteroatoms. The van der Waals surface area contributed by atoms with Gasteiger partial charge in [0.25, 0.3) is 0 Å². The Bertz CT molecular complexity index is 2820. The van der Waals surface area contributed by atoms with Gasteiger partial charge >= 0.3 is 12.1 Å². The summed E-state index contributed by atoms with van der Waals surface area (Å²) in [7, 11) is -0.848. The molecular formula is C65H92N6O10Si. The number of likely N-dealkylation sites (tertiary alicyclic amines) is 1. The van der Waals surface area contributed by atoms with Gasteiger partial charge in [0, 0.05) is 49.2 Å². The lowest BCUT2D eigenvalue weighted by molar-refractivity contribution is -0.154. The largest absolute Gasteiger partial charge is 0.461 e. The molecule has 3 aromatic carbocycles. The Morgan fingerprint density at radius 1 is 0.817 bits per heavy atom. The van der Waals surface area contributed by atoms with Gasteiger partial charge in [0.1, 0.15) is 37.4 Å². The molecule has 7 rings (SSSR count). The van der Waals surface area contributed by atoms with Gasteiger partial charge in [-0.15, -0.1) is 0 Å². The summed E-state index contributed by atoms with van der Waals surface area (Å²) in [5.74, 6) is -6.10. The van der Waals surface area contributed by atoms with Crippen molar-refractivity contribution in [2.24, 2.45) is 35.5 Å². The summed E-state index contributed by atoms with van der Waals surface area (Å²) in [5, 5.41) is 12.3. The number of ether oxygens (including phenoxy) is 2. The Morgan fingerprint density at radius 3 is 1.99 bits per heavy atom. The van der Waals surface area contributed by atoms with Crippen molar-refractivity contribution in [1.82, 2.24) is 25.8 Å². The fraction of sp³-hybridized carbons (Fsp3) is 0.585. The Hall–Kier alpha value is -6.33. The third-order valence-electron chi connectivity index (χ3n) is 18.2. The van der Waals surface area contributed by atoms with Gasteiger partial charge < -0.3 is 45.0 Å². The van der Waals surface area contributed by atoms with Crippen molar-refractivity contribution < 1.29 is 47.5 Å². The number of anilines is 1. The zero-order valence-electron chi connectivity index (χ0n) is 51.2. The number of ketones is 1. The number of nitrogens with zero attached hydrogens (tertiary/aromatic N) is 2. The lowest BCUT2D eigenvalue weighted by Gasteiger charge is -2.46. The minimum Gasteiger partial charge on any atom is -0.461 e. The number of nitrogens with one attached hydrogen (secondary N) is 4. The molecule has 0 bridgehead atoms. The van der Waals surface area contributed by atoms with E-state index in [4.69, 9.17) is 13.9 Å². The average Bonchev–Trinajstić information content (AvgIpc) is 3.75. The number of para-hydroxylation sites is 1. The molecule has 1 saturated heterocycles. The minimum absolute atomic E-state index is 0.00943. The maximum absolute atomic E-state index is 15.4. The van der Waals surface area contributed by atoms with Gasteiger partial charge in [-0.2, -0.15) is 0 Å². The van der Waals surface area contributed by atoms with Gasteiger partial charge in [0.2, 0.25) is 23.6 Å². The van der Waals surface area contributed by atoms with Crippen molar-refractivity contribution in [2.75, 3.05) is 32.1 Å². The molecule has 5 amide bonds. The molecule has 4 aliphatic rings. The Labute approximate surface area is 488 Å². The summed E-state index contributed by atoms with van der Waals surface area (Å²) in [5.41, 5.74) is 5.60. The number of hydrogen-bond donors (Lipinski definition) is 4. The van der Waals surface area contributed by atoms with Crippen molar-refractivity contribution >= 4 is 55.5 Å². The Morgan fingerprint density at radius 2 is 1.41 bits per heavy atom. The van der Waals surface area contributed by atoms with Crippen LogP contribution in [0, 0.1) is 35.5 Å². The summed E-state index contributed by atoms with van der Waals surface area (Å²) in [6.45, 7) is 31.5. The summed E-state index contributed by atoms with van der Waals surface area (Å²) in [4.78, 5) is 106. The topological polar surface area (TPSA) is 202 Å². The number of amides is 5. The van der Waals surface area contributed by atoms with Gasteiger partial charge in [-0.3, -0.25) is 28.8 Å². The number of benzene rings is 3. The quantitative estimate of drug-likeness (QED) is 0.0424. The second-order valence-corrected chi connectivity index (χ2v) is 31.3. The second kappa shape index (κ2) is 25.7. The first-order chi connectivity index (χ1) is 38.5. The van der Waals surface area contributed by atoms with E-state index >= 15 is 14.4 Å². The van der Waals surface area contributed by atoms with Crippen molar-refractivity contribution in [2.45, 2.75) is 181 Å². The maximum Gasteiger partial charge on any atom is 0.407 e. The SMILES string of the molecule is C=CCOC(=O)[C@@H]1C[C@@]2(C)c3ccccc3N[C@H]2C1C(=O)[C@H](NC(=O)[C@H](CC(C)C)NC(=O)[C@H]1C[C@@H](O[Si](C)(C)C(C)(C)C)CCN1C(=O)[C@H](C(C)C)N(C)C(=O)[C@H](NC(=O)OCC1c2ccccc2-c2ccccc21)C(C)C)C(C)C. The van der Waals surface area contributed by atoms with E-state index in [1.807, 2.05) is 116 Å². The van der Waals surface area contributed by atoms with E-state index in [2.05, 4.69) is 80.8 Å². The molecular weight excluding hydrogens is 1050 g/mol. The molecule has 0 aromatic heterocycles. The number of hydrogen-bond acceptors (Lipinski definition) is 11. The number of alkyl carbamates (subject to hydrolysis) is 1. The molecule has 446 valence electrons. The lowest BCUT2D eigenvalue weighted by atomic mass is 9.77. The Balaban J connectivity index is 1.12. The lowest BCUT2D eigenvalue weighted by Crippen LogP contribution is -2.64. The van der Waals surface area contributed by atoms with Crippen LogP contribution in [-0.2, 0) is 48.1 Å². The van der Waals surface area contributed by atoms with Crippen LogP contribution < -0.4 is 21.3 Å². The molecule has 1 unspecified atom stereocenters. The van der Waals surface area contributed by atoms with Crippen molar-refractivity contribution in [3.63, 3.8) is 0 Å². The van der Waals surface area contributed by atoms with Crippen molar-refractivity contribution in [3.05, 3.63) is 102 Å². The van der Waals surface area contributed by atoms with E-state index in [1.54, 1.807) is 7.05 Å². The first-order valence-corrected chi connectivity index (χ1v) is 32.6. The van der Waals surface area contributed by atoms with Crippen molar-refractivity contribution in [1.29, 1.82) is 0 Å². The van der Waals surface area contributed by atoms with Crippen LogP contribution in [0.3, 0.4) is 0 Å². The van der Waals surface area contributed by atoms with Crippen LogP contribution in [0.25, 0.3) is 11.1 Å². The molecule has 4 N–H and O–H groups in total. The van der Waals surface area contributed by atoms with E-state index in [1.165, 1.54) is 15.9 Å². The number of carbonyl (C=O) groups excluding carboxylic acids is 7. The van der Waals surface area contributed by atoms with Crippen LogP contribution in [0.2, 0.25) is 18.1 Å². The molecule has 16 nitrogen and oxygen atoms in total. The summed E-state index contributed by atoms with van der Waals surface area (Å²) in [6, 6.07) is 18.1. The van der Waals surface area contributed by atoms with E-state index in [9.17, 15) is 19.2 Å². The summed E-state index contributed by atoms with van der Waals surface area (Å²) < 4.78 is 18.4. The van der Waals surface area contributed by atoms with Gasteiger partial charge in [0.05, 0.1) is 17.9 Å². The first-order valence-electron chi connectivity index (χ1n) is 29.7. The molecule has 2 aliphatic carbocycles. The second-order valence-electron chi connectivity index (χ2n) is 26.6. The van der Waals surface area contributed by atoms with E-state index in [0.717, 1.165) is 33.5 Å². The Kier molecular flexibility index (Phi) is 19.8. The number of carbonyl (C=O) groups is 7. The number of fused-ring (bicyclic) bond motifs is 6. The van der Waals surface area contributed by atoms with E-state index < -0.39 is 121 Å². The average molecular weight is 1150 g/mol. The number of Topliss-reactive ketones (excluding diaryl/α,β-unsaturated/α-hetero) is 1. The van der Waals surface area contributed by atoms with Crippen LogP contribution in [0.4, 0.5) is 10.5 Å². The standard InChI is InChI=1S/C65H92N6O10Si/c1-17-32-79-62(77)46-35-65(13)48-28-22-23-29-49(48)66-57(65)52(46)56(72)53(38(4)5)68-58(73)50(33-37(2)3)67-59(74)51-34-41(81-82(15,16)64(10,11)12)30-31-71(51)61(76)55(40(8)9)70(14)60(75)54(39(6)7)69-63(78)80-36-47-44-26-20-18-24-42(44)43-25-19-21-27-45(43)47/h17-29,37-41,46-47,50-55,57,66H,1,30-36H2,2-16H3,(H,67,74)(H,68,73)(H,69,78)/t41-,46+,50-,51+,52?,53+,54+,55-,57-,65-/m0/s1. The monoisotopic (exact) mass is 1140 g/mol. The molecule has 2 fully saturated rings. The van der Waals surface area contributed by atoms with Gasteiger partial charge in [-0.25, -0.2) is 4.79 Å². The molecule has 10 atom stereocenters. The molecule has 82 heavy (non-hydrogen) atoms. The number of piperidine rings is 1. The smallest absolute Gasteiger partial charge is 0.407 e. The summed E-state index contributed by atoms with van der Waals surface area (Å²) >= 11 is 0. The van der Waals surface area contributed by atoms with Crippen LogP contribution in [-0.4, -0.2) is 129 Å². The predicted molar refractivity (Wildman–Crippen MR) is 322 cm³/mol. The highest BCUT2D eigenvalue weighted by atomic mass is 28.4. The van der Waals surface area contributed by atoms with Crippen LogP contribution in [0.1, 0.15) is 131 Å². The van der Waals surface area contributed by atoms with E-state index in [-0.39, 0.29) is 55.3 Å². The zero-order chi connectivity index (χ0) is 60.3. The zero-order valence-corrected chi connectivity index (χ0v) is 52.2. The normalized spacial score (nSPS) is 22.7. The number of rotatable bonds is 22. The highest BCUT2D eigenvalue weighted by Gasteiger charge is 2.61. The van der Waals surface area contributed by atoms with E-state index in [0.29, 0.717) is 12.8 Å². The molecule has 3 aromatic rings. The fourth-order valence-electron chi connectivity index (χ4n) is 12.8. The highest BCUT2D eigenvalue weighted by Crippen LogP contribution is 2.56. The van der Waals surface area contributed by atoms with Crippen molar-refractivity contribution in [3.8, 4) is 11.1 Å². The van der Waals surface area contributed by atoms with Crippen LogP contribution in [0.5, 0.6) is 0 Å². The minimum atomic E-state index is -2.40. The molecule has 2 heterocycles. The molecule has 2 aliphatic heterocycles. The van der Waals surface area contributed by atoms with Crippen LogP contribution in [0.15, 0.2) is 85.5 Å². The first kappa shape index (κ1) is 63.3. The predicted octanol–water partition coefficient (Wildman–Crippen LogP) is 9.77. The van der Waals surface area contributed by atoms with Crippen LogP contribution >= 0.6 is 0 Å². The van der Waals surface area contributed by atoms with Gasteiger partial charge in [-0.1, -0.05) is 162 Å². The number of esters is 1. The fourth-order valence-corrected chi connectivity index (χ4v) is 14.2. The van der Waals surface area contributed by atoms with Gasteiger partial charge in [-0.05, 0) is 95.0 Å². The summed E-state index contributed by atoms with van der Waals surface area (Å²) in [6.07, 6.45) is 1.46. The highest BCUT2D eigenvalue weighted by molar-refractivity contribution is 6.74. The third-order valence-corrected chi connectivity index (χ3v) is 22.7. The molecule has 0 radical (unpaired) electrons. The van der Waals surface area contributed by atoms with Gasteiger partial charge in [0.15, 0.2) is 14.1 Å². The molecule has 1 saturated carbocycles. The number of likely N-dealkylation sites (N-methyl/N-ethyl adjacent to an activating group) is 1. The molecule has 0 spiro atoms.